The highest BCUT2D eigenvalue weighted by molar-refractivity contribution is 6.09. The minimum atomic E-state index is -0.142. The number of amides is 1. The zero-order chi connectivity index (χ0) is 22.1. The lowest BCUT2D eigenvalue weighted by Gasteiger charge is -2.10. The summed E-state index contributed by atoms with van der Waals surface area (Å²) in [6.45, 7) is 2.05. The summed E-state index contributed by atoms with van der Waals surface area (Å²) in [6, 6.07) is 23.4. The van der Waals surface area contributed by atoms with Gasteiger partial charge in [0, 0.05) is 28.2 Å². The molecule has 0 bridgehead atoms. The van der Waals surface area contributed by atoms with Gasteiger partial charge in [-0.05, 0) is 36.8 Å². The third-order valence-corrected chi connectivity index (χ3v) is 5.54. The summed E-state index contributed by atoms with van der Waals surface area (Å²) in [7, 11) is 1.64. The molecule has 0 aliphatic carbocycles. The molecule has 6 heteroatoms. The molecule has 0 aliphatic heterocycles. The molecule has 1 amide bonds. The molecule has 2 heterocycles. The van der Waals surface area contributed by atoms with E-state index in [1.807, 2.05) is 85.9 Å². The summed E-state index contributed by atoms with van der Waals surface area (Å²) in [5.41, 5.74) is 5.24. The Morgan fingerprint density at radius 3 is 2.56 bits per heavy atom. The van der Waals surface area contributed by atoms with Gasteiger partial charge in [-0.1, -0.05) is 48.5 Å². The van der Waals surface area contributed by atoms with Crippen molar-refractivity contribution in [1.29, 1.82) is 0 Å². The van der Waals surface area contributed by atoms with Gasteiger partial charge >= 0.3 is 0 Å². The van der Waals surface area contributed by atoms with Crippen molar-refractivity contribution in [2.75, 3.05) is 12.4 Å². The van der Waals surface area contributed by atoms with Crippen molar-refractivity contribution in [2.45, 2.75) is 13.5 Å². The molecule has 0 unspecified atom stereocenters. The van der Waals surface area contributed by atoms with Gasteiger partial charge in [0.25, 0.3) is 0 Å². The molecule has 0 fully saturated rings. The second kappa shape index (κ2) is 8.15. The number of nitrogens with one attached hydrogen (secondary N) is 1. The van der Waals surface area contributed by atoms with E-state index in [9.17, 15) is 4.79 Å². The number of anilines is 1. The maximum atomic E-state index is 13.0. The Labute approximate surface area is 185 Å². The number of para-hydroxylation sites is 1. The SMILES string of the molecule is COc1ccc2ncc3c(-c4ccccc4)nn(CC(=O)Nc4ccccc4C)c3c2c1. The fraction of sp³-hybridized carbons (Fsp3) is 0.115. The van der Waals surface area contributed by atoms with Gasteiger partial charge in [0.05, 0.1) is 18.1 Å². The van der Waals surface area contributed by atoms with Gasteiger partial charge in [-0.15, -0.1) is 0 Å². The van der Waals surface area contributed by atoms with Crippen LogP contribution in [0.2, 0.25) is 0 Å². The normalized spacial score (nSPS) is 11.1. The van der Waals surface area contributed by atoms with Gasteiger partial charge in [0.15, 0.2) is 0 Å². The van der Waals surface area contributed by atoms with Crippen molar-refractivity contribution in [3.63, 3.8) is 0 Å². The van der Waals surface area contributed by atoms with Crippen molar-refractivity contribution in [1.82, 2.24) is 14.8 Å². The average molecular weight is 422 g/mol. The summed E-state index contributed by atoms with van der Waals surface area (Å²) in [5.74, 6) is 0.585. The zero-order valence-electron chi connectivity index (χ0n) is 17.9. The monoisotopic (exact) mass is 422 g/mol. The van der Waals surface area contributed by atoms with Crippen LogP contribution >= 0.6 is 0 Å². The molecule has 158 valence electrons. The van der Waals surface area contributed by atoms with Gasteiger partial charge in [-0.3, -0.25) is 14.5 Å². The molecule has 0 saturated carbocycles. The zero-order valence-corrected chi connectivity index (χ0v) is 17.9. The molecule has 0 spiro atoms. The molecule has 0 atom stereocenters. The summed E-state index contributed by atoms with van der Waals surface area (Å²) in [4.78, 5) is 17.6. The molecule has 6 nitrogen and oxygen atoms in total. The Morgan fingerprint density at radius 2 is 1.78 bits per heavy atom. The highest BCUT2D eigenvalue weighted by atomic mass is 16.5. The number of benzene rings is 3. The molecule has 5 aromatic rings. The largest absolute Gasteiger partial charge is 0.497 e. The van der Waals surface area contributed by atoms with E-state index in [1.165, 1.54) is 0 Å². The first kappa shape index (κ1) is 19.8. The highest BCUT2D eigenvalue weighted by Crippen LogP contribution is 2.33. The summed E-state index contributed by atoms with van der Waals surface area (Å²) in [6.07, 6.45) is 1.83. The lowest BCUT2D eigenvalue weighted by Crippen LogP contribution is -2.20. The second-order valence-corrected chi connectivity index (χ2v) is 7.64. The van der Waals surface area contributed by atoms with Crippen molar-refractivity contribution >= 4 is 33.4 Å². The Hall–Kier alpha value is -4.19. The first-order chi connectivity index (χ1) is 15.6. The lowest BCUT2D eigenvalue weighted by atomic mass is 10.1. The predicted molar refractivity (Wildman–Crippen MR) is 127 cm³/mol. The number of ether oxygens (including phenoxy) is 1. The molecule has 0 saturated heterocycles. The Bertz CT molecular complexity index is 1440. The molecular weight excluding hydrogens is 400 g/mol. The molecule has 0 aliphatic rings. The number of carbonyl (C=O) groups is 1. The number of rotatable bonds is 5. The number of aryl methyl sites for hydroxylation is 1. The number of nitrogens with zero attached hydrogens (tertiary/aromatic N) is 3. The van der Waals surface area contributed by atoms with E-state index in [-0.39, 0.29) is 12.5 Å². The van der Waals surface area contributed by atoms with E-state index < -0.39 is 0 Å². The minimum Gasteiger partial charge on any atom is -0.497 e. The average Bonchev–Trinajstić information content (AvgIpc) is 3.19. The second-order valence-electron chi connectivity index (χ2n) is 7.64. The molecule has 32 heavy (non-hydrogen) atoms. The first-order valence-corrected chi connectivity index (χ1v) is 10.4. The minimum absolute atomic E-state index is 0.0774. The summed E-state index contributed by atoms with van der Waals surface area (Å²) < 4.78 is 7.20. The number of fused-ring (bicyclic) bond motifs is 3. The van der Waals surface area contributed by atoms with Crippen LogP contribution in [-0.2, 0) is 11.3 Å². The number of aromatic nitrogens is 3. The van der Waals surface area contributed by atoms with Crippen LogP contribution in [0.3, 0.4) is 0 Å². The number of carbonyl (C=O) groups excluding carboxylic acids is 1. The third kappa shape index (κ3) is 3.56. The number of methoxy groups -OCH3 is 1. The molecule has 5 rings (SSSR count). The molecule has 2 aromatic heterocycles. The maximum Gasteiger partial charge on any atom is 0.246 e. The smallest absolute Gasteiger partial charge is 0.246 e. The summed E-state index contributed by atoms with van der Waals surface area (Å²) in [5, 5.41) is 9.63. The Balaban J connectivity index is 1.65. The van der Waals surface area contributed by atoms with Gasteiger partial charge < -0.3 is 10.1 Å². The number of hydrogen-bond donors (Lipinski definition) is 1. The van der Waals surface area contributed by atoms with E-state index in [2.05, 4.69) is 10.3 Å². The van der Waals surface area contributed by atoms with E-state index in [0.717, 1.165) is 50.1 Å². The van der Waals surface area contributed by atoms with Crippen molar-refractivity contribution in [3.8, 4) is 17.0 Å². The molecule has 3 aromatic carbocycles. The standard InChI is InChI=1S/C26H22N4O2/c1-17-8-6-7-11-22(17)28-24(31)16-30-26-20-14-19(32-2)12-13-23(20)27-15-21(26)25(29-30)18-9-4-3-5-10-18/h3-15H,16H2,1-2H3,(H,28,31). The van der Waals surface area contributed by atoms with Gasteiger partial charge in [-0.25, -0.2) is 0 Å². The molecular formula is C26H22N4O2. The van der Waals surface area contributed by atoms with Crippen molar-refractivity contribution in [3.05, 3.63) is 84.6 Å². The molecule has 0 radical (unpaired) electrons. The maximum absolute atomic E-state index is 13.0. The topological polar surface area (TPSA) is 69.0 Å². The number of pyridine rings is 1. The van der Waals surface area contributed by atoms with Crippen LogP contribution < -0.4 is 10.1 Å². The van der Waals surface area contributed by atoms with E-state index in [0.29, 0.717) is 0 Å². The quantitative estimate of drug-likeness (QED) is 0.422. The van der Waals surface area contributed by atoms with Crippen LogP contribution in [-0.4, -0.2) is 27.8 Å². The van der Waals surface area contributed by atoms with Crippen LogP contribution in [0.1, 0.15) is 5.56 Å². The van der Waals surface area contributed by atoms with E-state index in [4.69, 9.17) is 9.84 Å². The van der Waals surface area contributed by atoms with Gasteiger partial charge in [-0.2, -0.15) is 5.10 Å². The lowest BCUT2D eigenvalue weighted by molar-refractivity contribution is -0.116. The van der Waals surface area contributed by atoms with E-state index >= 15 is 0 Å². The Morgan fingerprint density at radius 1 is 1.00 bits per heavy atom. The predicted octanol–water partition coefficient (Wildman–Crippen LogP) is 5.21. The first-order valence-electron chi connectivity index (χ1n) is 10.4. The third-order valence-electron chi connectivity index (χ3n) is 5.54. The van der Waals surface area contributed by atoms with Crippen molar-refractivity contribution < 1.29 is 9.53 Å². The fourth-order valence-electron chi connectivity index (χ4n) is 3.92. The Kier molecular flexibility index (Phi) is 5.03. The van der Waals surface area contributed by atoms with Gasteiger partial charge in [0.2, 0.25) is 5.91 Å². The highest BCUT2D eigenvalue weighted by Gasteiger charge is 2.18. The van der Waals surface area contributed by atoms with Crippen LogP contribution in [0.4, 0.5) is 5.69 Å². The van der Waals surface area contributed by atoms with Crippen LogP contribution in [0, 0.1) is 6.92 Å². The molecule has 1 N–H and O–H groups in total. The fourth-order valence-corrected chi connectivity index (χ4v) is 3.92. The van der Waals surface area contributed by atoms with Crippen LogP contribution in [0.15, 0.2) is 79.0 Å². The number of hydrogen-bond acceptors (Lipinski definition) is 4. The van der Waals surface area contributed by atoms with Gasteiger partial charge in [0.1, 0.15) is 18.0 Å². The van der Waals surface area contributed by atoms with Crippen LogP contribution in [0.5, 0.6) is 5.75 Å². The van der Waals surface area contributed by atoms with Crippen LogP contribution in [0.25, 0.3) is 33.1 Å². The summed E-state index contributed by atoms with van der Waals surface area (Å²) >= 11 is 0. The van der Waals surface area contributed by atoms with E-state index in [1.54, 1.807) is 11.8 Å². The van der Waals surface area contributed by atoms with Crippen molar-refractivity contribution in [2.24, 2.45) is 0 Å².